The largest absolute Gasteiger partial charge is 0.345 e. The molecule has 0 bridgehead atoms. The highest BCUT2D eigenvalue weighted by molar-refractivity contribution is 7.91. The Morgan fingerprint density at radius 1 is 1.47 bits per heavy atom. The first-order valence-electron chi connectivity index (χ1n) is 4.16. The smallest absolute Gasteiger partial charge is 0.191 e. The third-order valence-electron chi connectivity index (χ3n) is 2.01. The molecule has 1 aromatic carbocycles. The van der Waals surface area contributed by atoms with E-state index in [-0.39, 0.29) is 4.90 Å². The Labute approximate surface area is 86.3 Å². The Hall–Kier alpha value is -1.87. The summed E-state index contributed by atoms with van der Waals surface area (Å²) < 4.78 is 23.1. The van der Waals surface area contributed by atoms with Crippen molar-refractivity contribution in [1.82, 2.24) is 9.97 Å². The van der Waals surface area contributed by atoms with Crippen molar-refractivity contribution in [2.75, 3.05) is 5.75 Å². The lowest BCUT2D eigenvalue weighted by Gasteiger charge is -1.98. The van der Waals surface area contributed by atoms with Crippen LogP contribution < -0.4 is 0 Å². The lowest BCUT2D eigenvalue weighted by Crippen LogP contribution is -2.04. The Bertz CT molecular complexity index is 637. The van der Waals surface area contributed by atoms with Gasteiger partial charge >= 0.3 is 0 Å². The van der Waals surface area contributed by atoms with Gasteiger partial charge in [0.2, 0.25) is 0 Å². The second-order valence-electron chi connectivity index (χ2n) is 3.00. The Morgan fingerprint density at radius 2 is 2.27 bits per heavy atom. The highest BCUT2D eigenvalue weighted by Gasteiger charge is 2.14. The molecule has 0 amide bonds. The maximum atomic E-state index is 11.5. The Balaban J connectivity index is 2.58. The number of hydrogen-bond donors (Lipinski definition) is 1. The van der Waals surface area contributed by atoms with Crippen molar-refractivity contribution in [2.24, 2.45) is 0 Å². The number of aromatic nitrogens is 2. The molecule has 0 radical (unpaired) electrons. The average Bonchev–Trinajstić information content (AvgIpc) is 2.63. The standard InChI is InChI=1S/C9H7N3O2S/c10-3-4-15(13,14)7-1-2-8-9(5-7)12-6-11-8/h1-2,5-6H,4H2,(H,11,12). The van der Waals surface area contributed by atoms with Crippen molar-refractivity contribution >= 4 is 20.9 Å². The number of hydrogen-bond acceptors (Lipinski definition) is 4. The van der Waals surface area contributed by atoms with Gasteiger partial charge in [0.05, 0.1) is 28.3 Å². The fourth-order valence-electron chi connectivity index (χ4n) is 1.28. The first-order valence-corrected chi connectivity index (χ1v) is 5.81. The number of nitrogens with zero attached hydrogens (tertiary/aromatic N) is 2. The highest BCUT2D eigenvalue weighted by atomic mass is 32.2. The zero-order valence-corrected chi connectivity index (χ0v) is 8.45. The molecular formula is C9H7N3O2S. The molecule has 6 heteroatoms. The molecule has 1 N–H and O–H groups in total. The number of imidazole rings is 1. The van der Waals surface area contributed by atoms with E-state index in [1.54, 1.807) is 12.1 Å². The van der Waals surface area contributed by atoms with Crippen molar-refractivity contribution in [3.63, 3.8) is 0 Å². The Morgan fingerprint density at radius 3 is 3.00 bits per heavy atom. The van der Waals surface area contributed by atoms with Crippen LogP contribution in [0.25, 0.3) is 11.0 Å². The summed E-state index contributed by atoms with van der Waals surface area (Å²) in [5.41, 5.74) is 1.35. The summed E-state index contributed by atoms with van der Waals surface area (Å²) >= 11 is 0. The minimum absolute atomic E-state index is 0.140. The van der Waals surface area contributed by atoms with Crippen LogP contribution >= 0.6 is 0 Å². The molecule has 5 nitrogen and oxygen atoms in total. The molecule has 76 valence electrons. The van der Waals surface area contributed by atoms with Crippen LogP contribution in [-0.4, -0.2) is 24.1 Å². The van der Waals surface area contributed by atoms with E-state index in [4.69, 9.17) is 5.26 Å². The molecule has 0 fully saturated rings. The number of nitrogens with one attached hydrogen (secondary N) is 1. The third kappa shape index (κ3) is 1.69. The number of H-pyrrole nitrogens is 1. The number of rotatable bonds is 2. The second-order valence-corrected chi connectivity index (χ2v) is 4.99. The Kier molecular flexibility index (Phi) is 2.17. The van der Waals surface area contributed by atoms with Crippen molar-refractivity contribution in [2.45, 2.75) is 4.90 Å². The first-order chi connectivity index (χ1) is 7.13. The maximum Gasteiger partial charge on any atom is 0.191 e. The predicted octanol–water partition coefficient (Wildman–Crippen LogP) is 0.860. The lowest BCUT2D eigenvalue weighted by molar-refractivity contribution is 0.599. The van der Waals surface area contributed by atoms with Crippen LogP contribution in [0.4, 0.5) is 0 Å². The zero-order chi connectivity index (χ0) is 10.9. The molecule has 0 aliphatic rings. The number of benzene rings is 1. The fraction of sp³-hybridized carbons (Fsp3) is 0.111. The van der Waals surface area contributed by atoms with Gasteiger partial charge in [-0.15, -0.1) is 0 Å². The molecule has 0 aliphatic heterocycles. The molecule has 1 aromatic heterocycles. The third-order valence-corrected chi connectivity index (χ3v) is 3.49. The van der Waals surface area contributed by atoms with Gasteiger partial charge in [-0.1, -0.05) is 0 Å². The van der Waals surface area contributed by atoms with Gasteiger partial charge in [-0.2, -0.15) is 5.26 Å². The number of nitriles is 1. The maximum absolute atomic E-state index is 11.5. The van der Waals surface area contributed by atoms with Crippen LogP contribution in [0.1, 0.15) is 0 Å². The van der Waals surface area contributed by atoms with Gasteiger partial charge in [-0.05, 0) is 18.2 Å². The van der Waals surface area contributed by atoms with Crippen molar-refractivity contribution in [3.8, 4) is 6.07 Å². The van der Waals surface area contributed by atoms with Crippen LogP contribution in [0.15, 0.2) is 29.4 Å². The normalized spacial score (nSPS) is 11.4. The summed E-state index contributed by atoms with van der Waals surface area (Å²) in [6.45, 7) is 0. The summed E-state index contributed by atoms with van der Waals surface area (Å²) in [6, 6.07) is 6.18. The summed E-state index contributed by atoms with van der Waals surface area (Å²) in [4.78, 5) is 6.93. The molecule has 1 heterocycles. The van der Waals surface area contributed by atoms with E-state index in [1.165, 1.54) is 18.5 Å². The van der Waals surface area contributed by atoms with E-state index >= 15 is 0 Å². The number of fused-ring (bicyclic) bond motifs is 1. The first kappa shape index (κ1) is 9.68. The van der Waals surface area contributed by atoms with E-state index in [2.05, 4.69) is 9.97 Å². The summed E-state index contributed by atoms with van der Waals surface area (Å²) in [7, 11) is -3.49. The van der Waals surface area contributed by atoms with Gasteiger partial charge in [0.15, 0.2) is 9.84 Å². The summed E-state index contributed by atoms with van der Waals surface area (Å²) in [6.07, 6.45) is 1.49. The SMILES string of the molecule is N#CCS(=O)(=O)c1ccc2nc[nH]c2c1. The molecule has 0 unspecified atom stereocenters. The van der Waals surface area contributed by atoms with E-state index in [0.717, 1.165) is 0 Å². The molecular weight excluding hydrogens is 214 g/mol. The van der Waals surface area contributed by atoms with E-state index in [9.17, 15) is 8.42 Å². The van der Waals surface area contributed by atoms with E-state index in [0.29, 0.717) is 11.0 Å². The highest BCUT2D eigenvalue weighted by Crippen LogP contribution is 2.16. The molecule has 2 aromatic rings. The van der Waals surface area contributed by atoms with Gasteiger partial charge < -0.3 is 4.98 Å². The summed E-state index contributed by atoms with van der Waals surface area (Å²) in [5, 5.41) is 8.39. The van der Waals surface area contributed by atoms with Gasteiger partial charge in [0.25, 0.3) is 0 Å². The van der Waals surface area contributed by atoms with Crippen molar-refractivity contribution in [3.05, 3.63) is 24.5 Å². The molecule has 0 spiro atoms. The van der Waals surface area contributed by atoms with Crippen LogP contribution in [0.3, 0.4) is 0 Å². The topological polar surface area (TPSA) is 86.6 Å². The van der Waals surface area contributed by atoms with Crippen molar-refractivity contribution < 1.29 is 8.42 Å². The van der Waals surface area contributed by atoms with Crippen molar-refractivity contribution in [1.29, 1.82) is 5.26 Å². The molecule has 0 aliphatic carbocycles. The van der Waals surface area contributed by atoms with Gasteiger partial charge in [0, 0.05) is 0 Å². The molecule has 0 saturated heterocycles. The molecule has 15 heavy (non-hydrogen) atoms. The van der Waals surface area contributed by atoms with E-state index < -0.39 is 15.6 Å². The second kappa shape index (κ2) is 3.37. The number of sulfone groups is 1. The lowest BCUT2D eigenvalue weighted by atomic mass is 10.3. The van der Waals surface area contributed by atoms with E-state index in [1.807, 2.05) is 0 Å². The zero-order valence-electron chi connectivity index (χ0n) is 7.64. The van der Waals surface area contributed by atoms with Crippen LogP contribution in [0.2, 0.25) is 0 Å². The minimum Gasteiger partial charge on any atom is -0.345 e. The molecule has 2 rings (SSSR count). The van der Waals surface area contributed by atoms with Gasteiger partial charge in [-0.25, -0.2) is 13.4 Å². The monoisotopic (exact) mass is 221 g/mol. The summed E-state index contributed by atoms with van der Waals surface area (Å²) in [5.74, 6) is -0.507. The predicted molar refractivity (Wildman–Crippen MR) is 53.8 cm³/mol. The van der Waals surface area contributed by atoms with Crippen LogP contribution in [-0.2, 0) is 9.84 Å². The van der Waals surface area contributed by atoms with Crippen LogP contribution in [0.5, 0.6) is 0 Å². The molecule has 0 saturated carbocycles. The quantitative estimate of drug-likeness (QED) is 0.814. The fourth-order valence-corrected chi connectivity index (χ4v) is 2.19. The number of aromatic amines is 1. The van der Waals surface area contributed by atoms with Gasteiger partial charge in [0.1, 0.15) is 5.75 Å². The van der Waals surface area contributed by atoms with Gasteiger partial charge in [-0.3, -0.25) is 0 Å². The average molecular weight is 221 g/mol. The van der Waals surface area contributed by atoms with Crippen LogP contribution in [0, 0.1) is 11.3 Å². The molecule has 0 atom stereocenters. The minimum atomic E-state index is -3.49.